The molecule has 0 saturated carbocycles. The number of fused-ring (bicyclic) bond motifs is 1. The van der Waals surface area contributed by atoms with Gasteiger partial charge in [-0.2, -0.15) is 0 Å². The topological polar surface area (TPSA) is 84.7 Å². The van der Waals surface area contributed by atoms with E-state index in [0.717, 1.165) is 16.6 Å². The maximum Gasteiger partial charge on any atom is 0.215 e. The number of hydrogen-bond donors (Lipinski definition) is 2. The Kier molecular flexibility index (Phi) is 3.31. The number of aromatic nitrogens is 3. The highest BCUT2D eigenvalue weighted by Crippen LogP contribution is 2.23. The maximum absolute atomic E-state index is 12.6. The van der Waals surface area contributed by atoms with Gasteiger partial charge in [-0.25, -0.2) is 9.97 Å². The Balaban J connectivity index is 1.76. The van der Waals surface area contributed by atoms with Crippen LogP contribution in [0.15, 0.2) is 66.9 Å². The molecule has 5 heteroatoms. The molecule has 0 unspecified atom stereocenters. The van der Waals surface area contributed by atoms with E-state index in [1.165, 1.54) is 0 Å². The van der Waals surface area contributed by atoms with Gasteiger partial charge >= 0.3 is 0 Å². The fourth-order valence-electron chi connectivity index (χ4n) is 2.67. The highest BCUT2D eigenvalue weighted by atomic mass is 16.1. The molecule has 0 amide bonds. The van der Waals surface area contributed by atoms with Crippen LogP contribution in [0.1, 0.15) is 16.1 Å². The summed E-state index contributed by atoms with van der Waals surface area (Å²) >= 11 is 0. The van der Waals surface area contributed by atoms with Gasteiger partial charge in [-0.15, -0.1) is 0 Å². The van der Waals surface area contributed by atoms with Gasteiger partial charge in [0.2, 0.25) is 5.78 Å². The molecule has 0 radical (unpaired) electrons. The lowest BCUT2D eigenvalue weighted by atomic mass is 10.1. The maximum atomic E-state index is 12.6. The van der Waals surface area contributed by atoms with E-state index in [-0.39, 0.29) is 11.6 Å². The number of pyridine rings is 2. The van der Waals surface area contributed by atoms with Crippen molar-refractivity contribution in [3.05, 3.63) is 78.1 Å². The second-order valence-corrected chi connectivity index (χ2v) is 5.44. The minimum absolute atomic E-state index is 0.209. The van der Waals surface area contributed by atoms with Crippen LogP contribution in [-0.2, 0) is 0 Å². The normalized spacial score (nSPS) is 10.8. The minimum atomic E-state index is -0.237. The predicted octanol–water partition coefficient (Wildman–Crippen LogP) is 3.44. The van der Waals surface area contributed by atoms with Crippen LogP contribution in [0, 0.1) is 0 Å². The highest BCUT2D eigenvalue weighted by Gasteiger charge is 2.15. The Morgan fingerprint density at radius 2 is 1.88 bits per heavy atom. The van der Waals surface area contributed by atoms with E-state index in [1.54, 1.807) is 24.4 Å². The molecule has 0 spiro atoms. The van der Waals surface area contributed by atoms with Crippen molar-refractivity contribution >= 4 is 22.5 Å². The van der Waals surface area contributed by atoms with Gasteiger partial charge in [-0.3, -0.25) is 4.79 Å². The third-order valence-corrected chi connectivity index (χ3v) is 3.87. The molecule has 0 aliphatic rings. The minimum Gasteiger partial charge on any atom is -0.383 e. The second-order valence-electron chi connectivity index (χ2n) is 5.44. The molecular weight excluding hydrogens is 300 g/mol. The Bertz CT molecular complexity index is 1020. The van der Waals surface area contributed by atoms with Crippen molar-refractivity contribution in [2.75, 3.05) is 5.73 Å². The number of rotatable bonds is 3. The first-order chi connectivity index (χ1) is 11.7. The van der Waals surface area contributed by atoms with Crippen molar-refractivity contribution in [3.63, 3.8) is 0 Å². The molecule has 0 aliphatic heterocycles. The van der Waals surface area contributed by atoms with E-state index in [2.05, 4.69) is 15.0 Å². The molecule has 4 rings (SSSR count). The largest absolute Gasteiger partial charge is 0.383 e. The summed E-state index contributed by atoms with van der Waals surface area (Å²) in [5, 5.41) is 1.10. The van der Waals surface area contributed by atoms with E-state index in [4.69, 9.17) is 5.73 Å². The Hall–Kier alpha value is -3.47. The van der Waals surface area contributed by atoms with Crippen molar-refractivity contribution in [2.24, 2.45) is 0 Å². The number of hydrogen-bond acceptors (Lipinski definition) is 4. The van der Waals surface area contributed by atoms with Crippen molar-refractivity contribution in [1.29, 1.82) is 0 Å². The number of nitrogen functional groups attached to an aromatic ring is 1. The van der Waals surface area contributed by atoms with Crippen LogP contribution >= 0.6 is 0 Å². The highest BCUT2D eigenvalue weighted by molar-refractivity contribution is 6.10. The summed E-state index contributed by atoms with van der Waals surface area (Å²) in [6.07, 6.45) is 1.56. The summed E-state index contributed by atoms with van der Waals surface area (Å²) < 4.78 is 0. The lowest BCUT2D eigenvalue weighted by Crippen LogP contribution is -2.08. The van der Waals surface area contributed by atoms with Crippen LogP contribution in [0.3, 0.4) is 0 Å². The molecule has 0 fully saturated rings. The molecule has 24 heavy (non-hydrogen) atoms. The lowest BCUT2D eigenvalue weighted by molar-refractivity contribution is 0.103. The zero-order valence-electron chi connectivity index (χ0n) is 12.7. The van der Waals surface area contributed by atoms with Gasteiger partial charge in [0, 0.05) is 17.1 Å². The molecule has 4 aromatic rings. The number of carbonyl (C=O) groups excluding carboxylic acids is 1. The fraction of sp³-hybridized carbons (Fsp3) is 0. The number of aromatic amines is 1. The van der Waals surface area contributed by atoms with E-state index in [0.29, 0.717) is 17.0 Å². The first kappa shape index (κ1) is 14.1. The van der Waals surface area contributed by atoms with Gasteiger partial charge < -0.3 is 10.7 Å². The number of nitrogens with two attached hydrogens (primary N) is 1. The molecule has 0 aliphatic carbocycles. The molecule has 1 aromatic carbocycles. The van der Waals surface area contributed by atoms with Crippen LogP contribution in [0.4, 0.5) is 5.82 Å². The molecule has 3 heterocycles. The second kappa shape index (κ2) is 5.62. The summed E-state index contributed by atoms with van der Waals surface area (Å²) in [6.45, 7) is 0. The van der Waals surface area contributed by atoms with Crippen molar-refractivity contribution in [1.82, 2.24) is 15.0 Å². The molecule has 0 atom stereocenters. The number of H-pyrrole nitrogens is 1. The number of benzene rings is 1. The summed E-state index contributed by atoms with van der Waals surface area (Å²) in [5.41, 5.74) is 9.10. The molecular formula is C19H14N4O. The first-order valence-corrected chi connectivity index (χ1v) is 7.53. The molecule has 0 bridgehead atoms. The summed E-state index contributed by atoms with van der Waals surface area (Å²) in [7, 11) is 0. The Morgan fingerprint density at radius 1 is 1.00 bits per heavy atom. The number of nitrogens with zero attached hydrogens (tertiary/aromatic N) is 2. The third kappa shape index (κ3) is 2.42. The summed E-state index contributed by atoms with van der Waals surface area (Å²) in [6, 6.07) is 18.7. The monoisotopic (exact) mass is 314 g/mol. The van der Waals surface area contributed by atoms with Crippen LogP contribution in [0.25, 0.3) is 22.3 Å². The predicted molar refractivity (Wildman–Crippen MR) is 93.6 cm³/mol. The molecule has 3 N–H and O–H groups in total. The molecule has 116 valence electrons. The number of carbonyl (C=O) groups is 1. The number of para-hydroxylation sites is 1. The average molecular weight is 314 g/mol. The van der Waals surface area contributed by atoms with E-state index < -0.39 is 0 Å². The lowest BCUT2D eigenvalue weighted by Gasteiger charge is -2.04. The SMILES string of the molecule is Nc1ncccc1C(=O)c1cccc(-c2cc3ccccc3[nH]2)n1. The van der Waals surface area contributed by atoms with Gasteiger partial charge in [0.1, 0.15) is 11.5 Å². The smallest absolute Gasteiger partial charge is 0.215 e. The van der Waals surface area contributed by atoms with Gasteiger partial charge in [0.25, 0.3) is 0 Å². The van der Waals surface area contributed by atoms with Crippen molar-refractivity contribution < 1.29 is 4.79 Å². The van der Waals surface area contributed by atoms with Gasteiger partial charge in [-0.1, -0.05) is 24.3 Å². The number of ketones is 1. The third-order valence-electron chi connectivity index (χ3n) is 3.87. The summed E-state index contributed by atoms with van der Waals surface area (Å²) in [4.78, 5) is 24.4. The summed E-state index contributed by atoms with van der Waals surface area (Å²) in [5.74, 6) is -0.0288. The molecule has 5 nitrogen and oxygen atoms in total. The van der Waals surface area contributed by atoms with Gasteiger partial charge in [0.15, 0.2) is 0 Å². The van der Waals surface area contributed by atoms with Crippen LogP contribution in [0.2, 0.25) is 0 Å². The van der Waals surface area contributed by atoms with Crippen molar-refractivity contribution in [3.8, 4) is 11.4 Å². The Labute approximate surface area is 138 Å². The van der Waals surface area contributed by atoms with E-state index in [9.17, 15) is 4.79 Å². The van der Waals surface area contributed by atoms with Crippen LogP contribution < -0.4 is 5.73 Å². The van der Waals surface area contributed by atoms with E-state index in [1.807, 2.05) is 42.5 Å². The number of nitrogens with one attached hydrogen (secondary N) is 1. The van der Waals surface area contributed by atoms with E-state index >= 15 is 0 Å². The first-order valence-electron chi connectivity index (χ1n) is 7.53. The molecule has 3 aromatic heterocycles. The van der Waals surface area contributed by atoms with Crippen LogP contribution in [-0.4, -0.2) is 20.7 Å². The molecule has 0 saturated heterocycles. The number of anilines is 1. The average Bonchev–Trinajstić information content (AvgIpc) is 3.06. The van der Waals surface area contributed by atoms with Gasteiger partial charge in [0.05, 0.1) is 17.0 Å². The quantitative estimate of drug-likeness (QED) is 0.567. The zero-order chi connectivity index (χ0) is 16.5. The van der Waals surface area contributed by atoms with Crippen LogP contribution in [0.5, 0.6) is 0 Å². The standard InChI is InChI=1S/C19H14N4O/c20-19-13(6-4-10-21-19)18(24)16-9-3-8-15(23-16)17-11-12-5-1-2-7-14(12)22-17/h1-11,22H,(H2,20,21). The fourth-order valence-corrected chi connectivity index (χ4v) is 2.67. The zero-order valence-corrected chi connectivity index (χ0v) is 12.7. The van der Waals surface area contributed by atoms with Gasteiger partial charge in [-0.05, 0) is 36.4 Å². The Morgan fingerprint density at radius 3 is 2.71 bits per heavy atom. The van der Waals surface area contributed by atoms with Crippen molar-refractivity contribution in [2.45, 2.75) is 0 Å².